The molecular weight excluding hydrogens is 474 g/mol. The average molecular weight is 493 g/mol. The minimum absolute atomic E-state index is 0.0888. The molecule has 0 aliphatic heterocycles. The van der Waals surface area contributed by atoms with Gasteiger partial charge < -0.3 is 10.3 Å². The van der Waals surface area contributed by atoms with Crippen LogP contribution in [0.3, 0.4) is 0 Å². The van der Waals surface area contributed by atoms with Gasteiger partial charge in [-0.05, 0) is 67.2 Å². The van der Waals surface area contributed by atoms with Crippen molar-refractivity contribution < 1.29 is 30.8 Å². The highest BCUT2D eigenvalue weighted by atomic mass is 32.2. The number of hydrogen-bond donors (Lipinski definition) is 2. The van der Waals surface area contributed by atoms with E-state index in [-0.39, 0.29) is 17.3 Å². The fourth-order valence-electron chi connectivity index (χ4n) is 3.09. The molecule has 34 heavy (non-hydrogen) atoms. The van der Waals surface area contributed by atoms with Crippen molar-refractivity contribution in [3.8, 4) is 0 Å². The van der Waals surface area contributed by atoms with Crippen LogP contribution in [0.5, 0.6) is 0 Å². The van der Waals surface area contributed by atoms with Crippen LogP contribution in [0.4, 0.5) is 17.6 Å². The number of nitrogens with one attached hydrogen (secondary N) is 2. The number of aromatic amines is 1. The highest BCUT2D eigenvalue weighted by molar-refractivity contribution is 7.91. The Balaban J connectivity index is 1.71. The van der Waals surface area contributed by atoms with Gasteiger partial charge in [0.25, 0.3) is 5.91 Å². The molecule has 0 saturated carbocycles. The third-order valence-electron chi connectivity index (χ3n) is 4.89. The molecule has 0 radical (unpaired) electrons. The van der Waals surface area contributed by atoms with E-state index in [1.165, 1.54) is 30.5 Å². The molecule has 1 heterocycles. The van der Waals surface area contributed by atoms with Gasteiger partial charge in [-0.1, -0.05) is 12.1 Å². The number of nitrogens with zero attached hydrogens (tertiary/aromatic N) is 1. The van der Waals surface area contributed by atoms with E-state index in [1.54, 1.807) is 12.1 Å². The van der Waals surface area contributed by atoms with E-state index in [1.807, 2.05) is 6.92 Å². The maximum absolute atomic E-state index is 13.8. The second-order valence-electron chi connectivity index (χ2n) is 7.25. The first-order valence-electron chi connectivity index (χ1n) is 9.74. The van der Waals surface area contributed by atoms with Crippen LogP contribution in [-0.2, 0) is 22.6 Å². The predicted octanol–water partition coefficient (Wildman–Crippen LogP) is 4.92. The van der Waals surface area contributed by atoms with Crippen LogP contribution >= 0.6 is 0 Å². The summed E-state index contributed by atoms with van der Waals surface area (Å²) in [6.07, 6.45) is -1.78. The number of rotatable bonds is 7. The smallest absolute Gasteiger partial charge is 0.351 e. The lowest BCUT2D eigenvalue weighted by molar-refractivity contribution is -0.140. The van der Waals surface area contributed by atoms with Gasteiger partial charge in [0, 0.05) is 18.4 Å². The zero-order valence-corrected chi connectivity index (χ0v) is 18.6. The lowest BCUT2D eigenvalue weighted by Gasteiger charge is -2.10. The highest BCUT2D eigenvalue weighted by Crippen LogP contribution is 2.33. The van der Waals surface area contributed by atoms with E-state index in [0.717, 1.165) is 5.56 Å². The number of carbonyl (C=O) groups is 1. The molecule has 3 aromatic rings. The normalized spacial score (nSPS) is 12.1. The fourth-order valence-corrected chi connectivity index (χ4v) is 4.36. The Kier molecular flexibility index (Phi) is 7.06. The van der Waals surface area contributed by atoms with Gasteiger partial charge in [-0.3, -0.25) is 9.79 Å². The number of aliphatic imine (C=N–C) groups is 1. The van der Waals surface area contributed by atoms with E-state index >= 15 is 0 Å². The van der Waals surface area contributed by atoms with E-state index < -0.39 is 32.3 Å². The first-order valence-corrected chi connectivity index (χ1v) is 11.2. The van der Waals surface area contributed by atoms with Crippen molar-refractivity contribution in [2.24, 2.45) is 4.99 Å². The summed E-state index contributed by atoms with van der Waals surface area (Å²) in [5.74, 6) is -2.06. The summed E-state index contributed by atoms with van der Waals surface area (Å²) < 4.78 is 77.3. The lowest BCUT2D eigenvalue weighted by Crippen LogP contribution is -2.23. The van der Waals surface area contributed by atoms with Gasteiger partial charge in [-0.2, -0.15) is 13.2 Å². The molecule has 0 spiro atoms. The number of aryl methyl sites for hydroxylation is 1. The van der Waals surface area contributed by atoms with Crippen molar-refractivity contribution in [1.82, 2.24) is 10.3 Å². The van der Waals surface area contributed by atoms with Gasteiger partial charge in [0.2, 0.25) is 9.84 Å². The molecule has 2 aromatic carbocycles. The summed E-state index contributed by atoms with van der Waals surface area (Å²) in [5, 5.41) is 2.69. The maximum Gasteiger partial charge on any atom is 0.419 e. The molecule has 0 fully saturated rings. The zero-order chi connectivity index (χ0) is 25.1. The summed E-state index contributed by atoms with van der Waals surface area (Å²) in [4.78, 5) is 18.1. The third-order valence-corrected chi connectivity index (χ3v) is 6.66. The lowest BCUT2D eigenvalue weighted by atomic mass is 10.2. The van der Waals surface area contributed by atoms with Crippen LogP contribution in [0, 0.1) is 12.7 Å². The minimum Gasteiger partial charge on any atom is -0.351 e. The maximum atomic E-state index is 13.8. The summed E-state index contributed by atoms with van der Waals surface area (Å²) in [5.41, 5.74) is 0.885. The average Bonchev–Trinajstić information content (AvgIpc) is 3.15. The van der Waals surface area contributed by atoms with Crippen molar-refractivity contribution in [2.75, 3.05) is 0 Å². The van der Waals surface area contributed by atoms with Crippen molar-refractivity contribution in [2.45, 2.75) is 29.4 Å². The minimum atomic E-state index is -4.93. The zero-order valence-electron chi connectivity index (χ0n) is 17.8. The number of halogens is 4. The number of H-pyrrole nitrogens is 1. The van der Waals surface area contributed by atoms with E-state index in [9.17, 15) is 30.8 Å². The molecule has 0 aliphatic carbocycles. The van der Waals surface area contributed by atoms with E-state index in [2.05, 4.69) is 22.0 Å². The van der Waals surface area contributed by atoms with Gasteiger partial charge in [0.1, 0.15) is 11.5 Å². The van der Waals surface area contributed by atoms with Gasteiger partial charge in [0.15, 0.2) is 0 Å². The van der Waals surface area contributed by atoms with Crippen molar-refractivity contribution in [3.05, 3.63) is 88.6 Å². The van der Waals surface area contributed by atoms with Crippen LogP contribution in [0.1, 0.15) is 32.9 Å². The molecule has 3 rings (SSSR count). The van der Waals surface area contributed by atoms with Crippen molar-refractivity contribution in [1.29, 1.82) is 0 Å². The van der Waals surface area contributed by atoms with Gasteiger partial charge in [-0.25, -0.2) is 12.8 Å². The van der Waals surface area contributed by atoms with E-state index in [4.69, 9.17) is 0 Å². The van der Waals surface area contributed by atoms with Crippen LogP contribution in [-0.4, -0.2) is 26.0 Å². The van der Waals surface area contributed by atoms with Gasteiger partial charge in [-0.15, -0.1) is 0 Å². The molecule has 0 atom stereocenters. The molecule has 178 valence electrons. The van der Waals surface area contributed by atoms with Gasteiger partial charge in [0.05, 0.1) is 15.4 Å². The first kappa shape index (κ1) is 24.9. The van der Waals surface area contributed by atoms with Gasteiger partial charge >= 0.3 is 6.18 Å². The van der Waals surface area contributed by atoms with Crippen molar-refractivity contribution in [3.63, 3.8) is 0 Å². The second-order valence-corrected chi connectivity index (χ2v) is 9.20. The summed E-state index contributed by atoms with van der Waals surface area (Å²) in [7, 11) is -4.24. The second kappa shape index (κ2) is 9.64. The molecule has 0 unspecified atom stereocenters. The Morgan fingerprint density at radius 2 is 1.76 bits per heavy atom. The first-order chi connectivity index (χ1) is 15.9. The van der Waals surface area contributed by atoms with Crippen LogP contribution in [0.2, 0.25) is 0 Å². The number of aromatic nitrogens is 1. The number of carbonyl (C=O) groups excluding carboxylic acids is 1. The quantitative estimate of drug-likeness (QED) is 0.362. The molecule has 0 aliphatic rings. The third kappa shape index (κ3) is 5.42. The molecule has 6 nitrogen and oxygen atoms in total. The topological polar surface area (TPSA) is 91.4 Å². The Morgan fingerprint density at radius 1 is 1.12 bits per heavy atom. The summed E-state index contributed by atoms with van der Waals surface area (Å²) >= 11 is 0. The Labute approximate surface area is 193 Å². The summed E-state index contributed by atoms with van der Waals surface area (Å²) in [6, 6.07) is 8.46. The molecular formula is C23H19F4N3O3S. The summed E-state index contributed by atoms with van der Waals surface area (Å²) in [6.45, 7) is 5.25. The van der Waals surface area contributed by atoms with Crippen LogP contribution < -0.4 is 5.32 Å². The SMILES string of the molecule is C=N/C=C\c1[nH]c(C(=O)NCc2ccc(S(=O)(=O)c3ccc(C(F)(F)F)c(F)c3)cc2)cc1C. The number of benzene rings is 2. The largest absolute Gasteiger partial charge is 0.419 e. The predicted molar refractivity (Wildman–Crippen MR) is 119 cm³/mol. The molecule has 2 N–H and O–H groups in total. The van der Waals surface area contributed by atoms with Crippen LogP contribution in [0.15, 0.2) is 69.5 Å². The number of amides is 1. The monoisotopic (exact) mass is 493 g/mol. The number of hydrogen-bond acceptors (Lipinski definition) is 4. The Morgan fingerprint density at radius 3 is 2.35 bits per heavy atom. The molecule has 0 saturated heterocycles. The standard InChI is InChI=1S/C23H19F4N3O3S/c1-14-11-21(30-20(14)9-10-28-2)22(31)29-13-15-3-5-16(6-4-15)34(32,33)17-7-8-18(19(24)12-17)23(25,26)27/h3-12,30H,2,13H2,1H3,(H,29,31)/b10-9-. The highest BCUT2D eigenvalue weighted by Gasteiger charge is 2.34. The number of alkyl halides is 3. The molecule has 1 aromatic heterocycles. The number of sulfone groups is 1. The Hall–Kier alpha value is -3.73. The fraction of sp³-hybridized carbons (Fsp3) is 0.130. The molecule has 11 heteroatoms. The molecule has 0 bridgehead atoms. The van der Waals surface area contributed by atoms with Crippen molar-refractivity contribution >= 4 is 28.5 Å². The van der Waals surface area contributed by atoms with Crippen LogP contribution in [0.25, 0.3) is 6.08 Å². The molecule has 1 amide bonds. The Bertz CT molecular complexity index is 1360. The van der Waals surface area contributed by atoms with E-state index in [0.29, 0.717) is 35.2 Å².